The quantitative estimate of drug-likeness (QED) is 0.511. The zero-order valence-electron chi connectivity index (χ0n) is 13.4. The van der Waals surface area contributed by atoms with Gasteiger partial charge in [0.25, 0.3) is 0 Å². The van der Waals surface area contributed by atoms with E-state index in [1.165, 1.54) is 35.6 Å². The Morgan fingerprint density at radius 3 is 2.69 bits per heavy atom. The highest BCUT2D eigenvalue weighted by molar-refractivity contribution is 7.89. The Morgan fingerprint density at radius 1 is 1.27 bits per heavy atom. The Kier molecular flexibility index (Phi) is 5.31. The Hall–Kier alpha value is -2.75. The predicted molar refractivity (Wildman–Crippen MR) is 96.5 cm³/mol. The summed E-state index contributed by atoms with van der Waals surface area (Å²) in [6.45, 7) is 0.0464. The molecule has 0 saturated carbocycles. The molecule has 0 atom stereocenters. The molecule has 0 aliphatic rings. The lowest BCUT2D eigenvalue weighted by Gasteiger charge is -2.00. The van der Waals surface area contributed by atoms with Gasteiger partial charge in [0.1, 0.15) is 6.61 Å². The van der Waals surface area contributed by atoms with Crippen LogP contribution in [0, 0.1) is 0 Å². The number of aromatic nitrogens is 1. The zero-order chi connectivity index (χ0) is 18.6. The summed E-state index contributed by atoms with van der Waals surface area (Å²) in [5.41, 5.74) is 1.27. The second kappa shape index (κ2) is 7.65. The van der Waals surface area contributed by atoms with Crippen molar-refractivity contribution in [1.29, 1.82) is 0 Å². The van der Waals surface area contributed by atoms with Crippen molar-refractivity contribution in [1.82, 2.24) is 4.98 Å². The molecule has 7 nitrogen and oxygen atoms in total. The van der Waals surface area contributed by atoms with Crippen molar-refractivity contribution in [2.45, 2.75) is 11.5 Å². The van der Waals surface area contributed by atoms with Gasteiger partial charge in [-0.3, -0.25) is 0 Å². The van der Waals surface area contributed by atoms with E-state index in [1.807, 2.05) is 0 Å². The van der Waals surface area contributed by atoms with E-state index in [-0.39, 0.29) is 11.5 Å². The average Bonchev–Trinajstić information content (AvgIpc) is 3.29. The van der Waals surface area contributed by atoms with Gasteiger partial charge in [0.15, 0.2) is 10.8 Å². The Balaban J connectivity index is 1.55. The number of primary sulfonamides is 1. The first-order valence-corrected chi connectivity index (χ1v) is 9.80. The van der Waals surface area contributed by atoms with Gasteiger partial charge < -0.3 is 9.15 Å². The van der Waals surface area contributed by atoms with Gasteiger partial charge >= 0.3 is 5.97 Å². The van der Waals surface area contributed by atoms with E-state index in [0.717, 1.165) is 0 Å². The number of furan rings is 1. The number of thiazole rings is 1. The molecule has 2 N–H and O–H groups in total. The van der Waals surface area contributed by atoms with Gasteiger partial charge in [0.05, 0.1) is 16.9 Å². The summed E-state index contributed by atoms with van der Waals surface area (Å²) in [5.74, 6) is 0.128. The van der Waals surface area contributed by atoms with Crippen LogP contribution in [-0.4, -0.2) is 19.4 Å². The molecule has 2 heterocycles. The first kappa shape index (κ1) is 18.1. The van der Waals surface area contributed by atoms with E-state index >= 15 is 0 Å². The van der Waals surface area contributed by atoms with Crippen molar-refractivity contribution < 1.29 is 22.4 Å². The number of ether oxygens (including phenoxy) is 1. The third-order valence-corrected chi connectivity index (χ3v) is 5.10. The van der Waals surface area contributed by atoms with E-state index in [2.05, 4.69) is 4.98 Å². The number of hydrogen-bond acceptors (Lipinski definition) is 7. The fraction of sp³-hybridized carbons (Fsp3) is 0.0588. The van der Waals surface area contributed by atoms with E-state index in [1.54, 1.807) is 35.9 Å². The molecule has 0 aliphatic carbocycles. The molecule has 0 radical (unpaired) electrons. The summed E-state index contributed by atoms with van der Waals surface area (Å²) in [7, 11) is -3.73. The summed E-state index contributed by atoms with van der Waals surface area (Å²) >= 11 is 1.40. The summed E-state index contributed by atoms with van der Waals surface area (Å²) in [6, 6.07) is 9.39. The number of rotatable bonds is 6. The topological polar surface area (TPSA) is 112 Å². The van der Waals surface area contributed by atoms with Gasteiger partial charge in [-0.2, -0.15) is 0 Å². The summed E-state index contributed by atoms with van der Waals surface area (Å²) in [5, 5.41) is 7.53. The van der Waals surface area contributed by atoms with Crippen LogP contribution in [-0.2, 0) is 26.2 Å². The Bertz CT molecular complexity index is 1020. The normalized spacial score (nSPS) is 11.7. The van der Waals surface area contributed by atoms with Crippen molar-refractivity contribution >= 4 is 33.4 Å². The minimum absolute atomic E-state index is 0.00752. The fourth-order valence-electron chi connectivity index (χ4n) is 2.01. The van der Waals surface area contributed by atoms with Crippen LogP contribution in [0.15, 0.2) is 63.4 Å². The highest BCUT2D eigenvalue weighted by Gasteiger charge is 2.09. The van der Waals surface area contributed by atoms with Crippen LogP contribution in [0.3, 0.4) is 0 Å². The van der Waals surface area contributed by atoms with Crippen LogP contribution in [0.4, 0.5) is 0 Å². The molecular formula is C17H14N2O5S2. The van der Waals surface area contributed by atoms with Crippen molar-refractivity contribution in [3.63, 3.8) is 0 Å². The van der Waals surface area contributed by atoms with Gasteiger partial charge in [-0.25, -0.2) is 23.3 Å². The Morgan fingerprint density at radius 2 is 2.04 bits per heavy atom. The standard InChI is InChI=1S/C17H14N2O5S2/c18-26(21,22)14-6-3-12(4-7-14)5-8-16(20)24-10-13-11-25-17(19-13)15-2-1-9-23-15/h1-9,11H,10H2,(H2,18,21,22)/b8-5+. The highest BCUT2D eigenvalue weighted by Crippen LogP contribution is 2.24. The molecular weight excluding hydrogens is 376 g/mol. The fourth-order valence-corrected chi connectivity index (χ4v) is 3.30. The summed E-state index contributed by atoms with van der Waals surface area (Å²) in [4.78, 5) is 16.1. The predicted octanol–water partition coefficient (Wildman–Crippen LogP) is 2.81. The van der Waals surface area contributed by atoms with Crippen molar-refractivity contribution in [2.75, 3.05) is 0 Å². The average molecular weight is 390 g/mol. The molecule has 0 spiro atoms. The molecule has 0 fully saturated rings. The van der Waals surface area contributed by atoms with Gasteiger partial charge in [-0.05, 0) is 35.9 Å². The van der Waals surface area contributed by atoms with Crippen LogP contribution >= 0.6 is 11.3 Å². The molecule has 0 amide bonds. The number of esters is 1. The molecule has 26 heavy (non-hydrogen) atoms. The van der Waals surface area contributed by atoms with Gasteiger partial charge in [-0.1, -0.05) is 12.1 Å². The third-order valence-electron chi connectivity index (χ3n) is 3.27. The molecule has 9 heteroatoms. The molecule has 0 bridgehead atoms. The van der Waals surface area contributed by atoms with Gasteiger partial charge in [0, 0.05) is 11.5 Å². The SMILES string of the molecule is NS(=O)(=O)c1ccc(/C=C/C(=O)OCc2csc(-c3ccco3)n2)cc1. The van der Waals surface area contributed by atoms with Crippen molar-refractivity contribution in [3.05, 3.63) is 65.4 Å². The molecule has 3 rings (SSSR count). The minimum Gasteiger partial charge on any atom is -0.462 e. The Labute approximate surface area is 153 Å². The summed E-state index contributed by atoms with van der Waals surface area (Å²) in [6.07, 6.45) is 4.34. The lowest BCUT2D eigenvalue weighted by atomic mass is 10.2. The second-order valence-corrected chi connectivity index (χ2v) is 7.60. The van der Waals surface area contributed by atoms with Crippen LogP contribution in [0.25, 0.3) is 16.8 Å². The number of hydrogen-bond donors (Lipinski definition) is 1. The molecule has 0 unspecified atom stereocenters. The van der Waals surface area contributed by atoms with Gasteiger partial charge in [0.2, 0.25) is 10.0 Å². The van der Waals surface area contributed by atoms with Crippen LogP contribution in [0.5, 0.6) is 0 Å². The summed E-state index contributed by atoms with van der Waals surface area (Å²) < 4.78 is 32.8. The largest absolute Gasteiger partial charge is 0.462 e. The molecule has 134 valence electrons. The van der Waals surface area contributed by atoms with E-state index in [4.69, 9.17) is 14.3 Å². The second-order valence-electron chi connectivity index (χ2n) is 5.18. The minimum atomic E-state index is -3.73. The maximum absolute atomic E-state index is 11.8. The first-order valence-electron chi connectivity index (χ1n) is 7.38. The number of benzene rings is 1. The van der Waals surface area contributed by atoms with Gasteiger partial charge in [-0.15, -0.1) is 11.3 Å². The number of carbonyl (C=O) groups excluding carboxylic acids is 1. The lowest BCUT2D eigenvalue weighted by molar-refractivity contribution is -0.139. The monoisotopic (exact) mass is 390 g/mol. The lowest BCUT2D eigenvalue weighted by Crippen LogP contribution is -2.11. The van der Waals surface area contributed by atoms with Crippen molar-refractivity contribution in [2.24, 2.45) is 5.14 Å². The smallest absolute Gasteiger partial charge is 0.331 e. The molecule has 2 aromatic heterocycles. The zero-order valence-corrected chi connectivity index (χ0v) is 15.0. The van der Waals surface area contributed by atoms with E-state index < -0.39 is 16.0 Å². The molecule has 0 aliphatic heterocycles. The number of sulfonamides is 1. The van der Waals surface area contributed by atoms with E-state index in [0.29, 0.717) is 22.0 Å². The molecule has 0 saturated heterocycles. The number of carbonyl (C=O) groups is 1. The molecule has 1 aromatic carbocycles. The van der Waals surface area contributed by atoms with Crippen LogP contribution in [0.1, 0.15) is 11.3 Å². The maximum Gasteiger partial charge on any atom is 0.331 e. The first-order chi connectivity index (χ1) is 12.4. The third kappa shape index (κ3) is 4.66. The van der Waals surface area contributed by atoms with Crippen LogP contribution in [0.2, 0.25) is 0 Å². The van der Waals surface area contributed by atoms with Crippen LogP contribution < -0.4 is 5.14 Å². The number of nitrogens with zero attached hydrogens (tertiary/aromatic N) is 1. The maximum atomic E-state index is 11.8. The van der Waals surface area contributed by atoms with E-state index in [9.17, 15) is 13.2 Å². The van der Waals surface area contributed by atoms with Crippen molar-refractivity contribution in [3.8, 4) is 10.8 Å². The highest BCUT2D eigenvalue weighted by atomic mass is 32.2. The number of nitrogens with two attached hydrogens (primary N) is 1. The molecule has 3 aromatic rings.